The summed E-state index contributed by atoms with van der Waals surface area (Å²) in [5.74, 6) is -2.30. The van der Waals surface area contributed by atoms with Crippen LogP contribution in [0.25, 0.3) is 16.8 Å². The zero-order valence-corrected chi connectivity index (χ0v) is 31.4. The maximum atomic E-state index is 14.8. The zero-order chi connectivity index (χ0) is 37.3. The second kappa shape index (κ2) is 15.4. The van der Waals surface area contributed by atoms with E-state index >= 15 is 0 Å². The number of hydrogen-bond acceptors (Lipinski definition) is 9. The molecule has 5 aliphatic rings. The van der Waals surface area contributed by atoms with E-state index in [0.29, 0.717) is 25.1 Å². The molecule has 11 nitrogen and oxygen atoms in total. The van der Waals surface area contributed by atoms with Crippen LogP contribution in [0.4, 0.5) is 0 Å². The van der Waals surface area contributed by atoms with Gasteiger partial charge >= 0.3 is 5.97 Å². The molecule has 2 aliphatic heterocycles. The molecule has 3 saturated carbocycles. The highest BCUT2D eigenvalue weighted by atomic mass is 32.2. The summed E-state index contributed by atoms with van der Waals surface area (Å²) in [5, 5.41) is 1.16. The predicted octanol–water partition coefficient (Wildman–Crippen LogP) is 5.92. The van der Waals surface area contributed by atoms with Gasteiger partial charge in [0.15, 0.2) is 5.78 Å². The molecule has 1 aromatic heterocycles. The number of rotatable bonds is 9. The van der Waals surface area contributed by atoms with Crippen LogP contribution in [0.2, 0.25) is 0 Å². The van der Waals surface area contributed by atoms with E-state index in [1.54, 1.807) is 17.2 Å². The maximum absolute atomic E-state index is 14.8. The van der Waals surface area contributed by atoms with Gasteiger partial charge in [-0.15, -0.1) is 6.58 Å². The van der Waals surface area contributed by atoms with Crippen molar-refractivity contribution >= 4 is 50.4 Å². The number of ketones is 1. The van der Waals surface area contributed by atoms with Gasteiger partial charge < -0.3 is 14.4 Å². The number of benzene rings is 1. The number of sulfonamides is 1. The molecule has 284 valence electrons. The Morgan fingerprint density at radius 1 is 1.11 bits per heavy atom. The van der Waals surface area contributed by atoms with Crippen LogP contribution in [-0.4, -0.2) is 72.4 Å². The summed E-state index contributed by atoms with van der Waals surface area (Å²) in [6.45, 7) is 6.27. The first-order chi connectivity index (χ1) is 25.5. The Morgan fingerprint density at radius 3 is 2.62 bits per heavy atom. The van der Waals surface area contributed by atoms with Crippen molar-refractivity contribution in [1.82, 2.24) is 14.6 Å². The van der Waals surface area contributed by atoms with Crippen LogP contribution >= 0.6 is 0 Å². The van der Waals surface area contributed by atoms with E-state index in [2.05, 4.69) is 29.3 Å². The molecule has 0 radical (unpaired) electrons. The lowest BCUT2D eigenvalue weighted by Crippen LogP contribution is -2.48. The number of amides is 2. The van der Waals surface area contributed by atoms with Gasteiger partial charge in [0.25, 0.3) is 0 Å². The topological polar surface area (TPSA) is 149 Å². The van der Waals surface area contributed by atoms with Crippen LogP contribution in [0.15, 0.2) is 49.2 Å². The van der Waals surface area contributed by atoms with Crippen LogP contribution < -0.4 is 9.46 Å². The number of esters is 1. The minimum absolute atomic E-state index is 0.0356. The van der Waals surface area contributed by atoms with E-state index in [4.69, 9.17) is 9.47 Å². The standard InChI is InChI=1S/C41H51N3O8S/c1-3-26-9-8-10-27-13-14-29-17-18-42-38(33(29)19-27)52-31-20-35(36(45)23-41(22-30(41)4-2)40(48)43-53(49,50)32-15-16-32)44(24-31)39(47)34(21-37(46)51-25-26)28-11-6-5-7-12-28/h4,8,10,13-14,17-19,26,28,30-32,34-35H,2-3,5-7,9,11-12,15-16,20-25H2,1H3,(H,43,48)/b10-8+/t26-,30-,31+,34-,35-,41+/m0/s1. The Labute approximate surface area is 312 Å². The van der Waals surface area contributed by atoms with Crippen molar-refractivity contribution in [1.29, 1.82) is 0 Å². The molecule has 2 aromatic rings. The SMILES string of the molecule is C=C[C@H]1C[C@]1(CC(=O)[C@@H]1C[C@@H]2CN1C(=O)[C@H](C1CCCCC1)CC(=O)OC[C@@H](CC)C/C=C/c1ccc3ccnc(c3c1)O2)C(=O)NS(=O)(=O)C1CC1. The Bertz CT molecular complexity index is 1900. The number of carbonyl (C=O) groups excluding carboxylic acids is 4. The fraction of sp³-hybridized carbons (Fsp3) is 0.585. The summed E-state index contributed by atoms with van der Waals surface area (Å²) in [4.78, 5) is 62.5. The summed E-state index contributed by atoms with van der Waals surface area (Å²) >= 11 is 0. The molecule has 4 fully saturated rings. The predicted molar refractivity (Wildman–Crippen MR) is 200 cm³/mol. The third-order valence-electron chi connectivity index (χ3n) is 12.3. The lowest BCUT2D eigenvalue weighted by molar-refractivity contribution is -0.153. The van der Waals surface area contributed by atoms with Gasteiger partial charge in [0.1, 0.15) is 6.10 Å². The zero-order valence-electron chi connectivity index (χ0n) is 30.5. The normalized spacial score (nSPS) is 30.5. The fourth-order valence-electron chi connectivity index (χ4n) is 8.66. The lowest BCUT2D eigenvalue weighted by atomic mass is 9.77. The van der Waals surface area contributed by atoms with Crippen molar-refractivity contribution < 1.29 is 37.1 Å². The summed E-state index contributed by atoms with van der Waals surface area (Å²) in [7, 11) is -3.83. The molecule has 1 N–H and O–H groups in total. The Balaban J connectivity index is 1.22. The van der Waals surface area contributed by atoms with Crippen LogP contribution in [0, 0.1) is 29.1 Å². The van der Waals surface area contributed by atoms with Crippen LogP contribution in [0.5, 0.6) is 5.88 Å². The number of pyridine rings is 1. The molecule has 1 aromatic carbocycles. The number of nitrogens with one attached hydrogen (secondary N) is 1. The molecule has 4 bridgehead atoms. The first-order valence-electron chi connectivity index (χ1n) is 19.4. The summed E-state index contributed by atoms with van der Waals surface area (Å²) in [5.41, 5.74) is -0.298. The quantitative estimate of drug-likeness (QED) is 0.244. The van der Waals surface area contributed by atoms with Crippen molar-refractivity contribution in [3.05, 3.63) is 54.8 Å². The lowest BCUT2D eigenvalue weighted by Gasteiger charge is -2.34. The number of hydrogen-bond donors (Lipinski definition) is 1. The van der Waals surface area contributed by atoms with Crippen molar-refractivity contribution in [3.8, 4) is 5.88 Å². The average molecular weight is 746 g/mol. The van der Waals surface area contributed by atoms with Crippen molar-refractivity contribution in [2.75, 3.05) is 13.2 Å². The van der Waals surface area contributed by atoms with E-state index in [-0.39, 0.29) is 61.9 Å². The number of nitrogens with zero attached hydrogens (tertiary/aromatic N) is 2. The third-order valence-corrected chi connectivity index (χ3v) is 14.1. The van der Waals surface area contributed by atoms with Gasteiger partial charge in [-0.05, 0) is 85.8 Å². The number of carbonyl (C=O) groups is 4. The number of ether oxygens (including phenoxy) is 2. The first-order valence-corrected chi connectivity index (χ1v) is 20.9. The Kier molecular flexibility index (Phi) is 10.8. The number of fused-ring (bicyclic) bond motifs is 3. The van der Waals surface area contributed by atoms with Gasteiger partial charge in [0, 0.05) is 24.4 Å². The van der Waals surface area contributed by atoms with Gasteiger partial charge in [-0.25, -0.2) is 13.4 Å². The van der Waals surface area contributed by atoms with E-state index in [1.165, 1.54) is 0 Å². The van der Waals surface area contributed by atoms with Gasteiger partial charge in [-0.3, -0.25) is 23.9 Å². The summed E-state index contributed by atoms with van der Waals surface area (Å²) in [6.07, 6.45) is 14.1. The molecule has 53 heavy (non-hydrogen) atoms. The average Bonchev–Trinajstić information content (AvgIpc) is 4.08. The summed E-state index contributed by atoms with van der Waals surface area (Å²) in [6, 6.07) is 7.01. The van der Waals surface area contributed by atoms with Gasteiger partial charge in [-0.1, -0.05) is 56.5 Å². The highest BCUT2D eigenvalue weighted by Gasteiger charge is 2.61. The molecular formula is C41H51N3O8S. The molecule has 1 saturated heterocycles. The van der Waals surface area contributed by atoms with Crippen LogP contribution in [-0.2, 0) is 33.9 Å². The van der Waals surface area contributed by atoms with Crippen molar-refractivity contribution in [2.24, 2.45) is 29.1 Å². The smallest absolute Gasteiger partial charge is 0.306 e. The van der Waals surface area contributed by atoms with E-state index in [9.17, 15) is 27.6 Å². The largest absolute Gasteiger partial charge is 0.472 e. The van der Waals surface area contributed by atoms with E-state index in [1.807, 2.05) is 30.3 Å². The molecule has 2 amide bonds. The van der Waals surface area contributed by atoms with Crippen molar-refractivity contribution in [2.45, 2.75) is 108 Å². The molecule has 3 aliphatic carbocycles. The summed E-state index contributed by atoms with van der Waals surface area (Å²) < 4.78 is 40.2. The van der Waals surface area contributed by atoms with E-state index < -0.39 is 50.6 Å². The maximum Gasteiger partial charge on any atom is 0.306 e. The molecule has 0 unspecified atom stereocenters. The number of aromatic nitrogens is 1. The fourth-order valence-corrected chi connectivity index (χ4v) is 10.0. The highest BCUT2D eigenvalue weighted by molar-refractivity contribution is 7.90. The molecule has 3 heterocycles. The van der Waals surface area contributed by atoms with Crippen LogP contribution in [0.3, 0.4) is 0 Å². The first kappa shape index (κ1) is 37.3. The molecule has 6 atom stereocenters. The number of Topliss-reactive ketones (excluding diaryl/α,β-unsaturated/α-hetero) is 1. The third kappa shape index (κ3) is 8.07. The van der Waals surface area contributed by atoms with Gasteiger partial charge in [-0.2, -0.15) is 0 Å². The Hall–Kier alpha value is -4.06. The van der Waals surface area contributed by atoms with Gasteiger partial charge in [0.2, 0.25) is 27.7 Å². The van der Waals surface area contributed by atoms with Crippen LogP contribution in [0.1, 0.15) is 96.0 Å². The molecular weight excluding hydrogens is 695 g/mol. The minimum Gasteiger partial charge on any atom is -0.472 e. The molecule has 0 spiro atoms. The van der Waals surface area contributed by atoms with Crippen molar-refractivity contribution in [3.63, 3.8) is 0 Å². The molecule has 7 rings (SSSR count). The second-order valence-electron chi connectivity index (χ2n) is 15.9. The number of allylic oxidation sites excluding steroid dienone is 2. The Morgan fingerprint density at radius 2 is 1.91 bits per heavy atom. The second-order valence-corrected chi connectivity index (χ2v) is 17.9. The number of cyclic esters (lactones) is 1. The monoisotopic (exact) mass is 745 g/mol. The van der Waals surface area contributed by atoms with E-state index in [0.717, 1.165) is 61.3 Å². The minimum atomic E-state index is -3.83. The van der Waals surface area contributed by atoms with Gasteiger partial charge in [0.05, 0.1) is 42.2 Å². The molecule has 12 heteroatoms. The highest BCUT2D eigenvalue weighted by Crippen LogP contribution is 2.57.